The van der Waals surface area contributed by atoms with Gasteiger partial charge in [0.1, 0.15) is 16.8 Å². The van der Waals surface area contributed by atoms with Crippen molar-refractivity contribution < 1.29 is 5.11 Å². The van der Waals surface area contributed by atoms with Crippen LogP contribution in [0.1, 0.15) is 38.4 Å². The van der Waals surface area contributed by atoms with Crippen molar-refractivity contribution in [2.75, 3.05) is 18.5 Å². The van der Waals surface area contributed by atoms with Gasteiger partial charge in [0.2, 0.25) is 0 Å². The lowest BCUT2D eigenvalue weighted by atomic mass is 10.2. The third-order valence-electron chi connectivity index (χ3n) is 2.45. The number of hydrogen-bond acceptors (Lipinski definition) is 4. The number of nitrogens with one attached hydrogen (secondary N) is 1. The van der Waals surface area contributed by atoms with E-state index in [1.807, 2.05) is 6.92 Å². The van der Waals surface area contributed by atoms with Crippen LogP contribution in [0.25, 0.3) is 0 Å². The van der Waals surface area contributed by atoms with Crippen LogP contribution in [-0.4, -0.2) is 28.2 Å². The van der Waals surface area contributed by atoms with Gasteiger partial charge in [-0.3, -0.25) is 0 Å². The molecule has 0 aliphatic heterocycles. The first-order chi connectivity index (χ1) is 8.26. The summed E-state index contributed by atoms with van der Waals surface area (Å²) in [6, 6.07) is 1.74. The summed E-state index contributed by atoms with van der Waals surface area (Å²) in [6.07, 6.45) is 4.93. The van der Waals surface area contributed by atoms with Gasteiger partial charge in [-0.15, -0.1) is 0 Å². The van der Waals surface area contributed by atoms with Gasteiger partial charge < -0.3 is 10.4 Å². The Morgan fingerprint density at radius 1 is 1.24 bits per heavy atom. The lowest BCUT2D eigenvalue weighted by Gasteiger charge is -2.07. The maximum absolute atomic E-state index is 8.64. The molecule has 4 nitrogen and oxygen atoms in total. The maximum Gasteiger partial charge on any atom is 0.134 e. The van der Waals surface area contributed by atoms with E-state index in [9.17, 15) is 0 Å². The molecule has 0 aliphatic rings. The lowest BCUT2D eigenvalue weighted by Crippen LogP contribution is -2.05. The van der Waals surface area contributed by atoms with Crippen molar-refractivity contribution in [2.24, 2.45) is 0 Å². The second-order valence-electron chi connectivity index (χ2n) is 3.91. The minimum absolute atomic E-state index is 0.287. The third kappa shape index (κ3) is 5.84. The van der Waals surface area contributed by atoms with Crippen LogP contribution in [0, 0.1) is 0 Å². The SMILES string of the molecule is CCc1nc(Cl)cc(NCCCCCCO)n1. The third-order valence-corrected chi connectivity index (χ3v) is 2.64. The van der Waals surface area contributed by atoms with Gasteiger partial charge in [-0.25, -0.2) is 9.97 Å². The van der Waals surface area contributed by atoms with E-state index in [2.05, 4.69) is 15.3 Å². The molecule has 1 rings (SSSR count). The number of aromatic nitrogens is 2. The highest BCUT2D eigenvalue weighted by Gasteiger charge is 2.00. The summed E-state index contributed by atoms with van der Waals surface area (Å²) in [5.41, 5.74) is 0. The number of aryl methyl sites for hydroxylation is 1. The molecule has 0 aliphatic carbocycles. The molecule has 2 N–H and O–H groups in total. The summed E-state index contributed by atoms with van der Waals surface area (Å²) in [6.45, 7) is 3.17. The van der Waals surface area contributed by atoms with E-state index in [-0.39, 0.29) is 6.61 Å². The first-order valence-electron chi connectivity index (χ1n) is 6.14. The molecule has 1 aromatic heterocycles. The largest absolute Gasteiger partial charge is 0.396 e. The molecule has 5 heteroatoms. The topological polar surface area (TPSA) is 58.0 Å². The Kier molecular flexibility index (Phi) is 6.89. The Morgan fingerprint density at radius 2 is 2.00 bits per heavy atom. The minimum atomic E-state index is 0.287. The molecule has 0 saturated carbocycles. The molecular formula is C12H20ClN3O. The van der Waals surface area contributed by atoms with Crippen LogP contribution >= 0.6 is 11.6 Å². The predicted molar refractivity (Wildman–Crippen MR) is 70.5 cm³/mol. The summed E-state index contributed by atoms with van der Waals surface area (Å²) in [5, 5.41) is 12.4. The van der Waals surface area contributed by atoms with Crippen LogP contribution in [0.4, 0.5) is 5.82 Å². The molecule has 0 bridgehead atoms. The number of unbranched alkanes of at least 4 members (excludes halogenated alkanes) is 3. The zero-order chi connectivity index (χ0) is 12.5. The molecule has 0 unspecified atom stereocenters. The van der Waals surface area contributed by atoms with Crippen LogP contribution in [0.5, 0.6) is 0 Å². The molecule has 17 heavy (non-hydrogen) atoms. The van der Waals surface area contributed by atoms with E-state index in [0.29, 0.717) is 5.15 Å². The Morgan fingerprint density at radius 3 is 2.71 bits per heavy atom. The molecular weight excluding hydrogens is 238 g/mol. The highest BCUT2D eigenvalue weighted by molar-refractivity contribution is 6.29. The van der Waals surface area contributed by atoms with Crippen molar-refractivity contribution in [3.8, 4) is 0 Å². The Labute approximate surface area is 107 Å². The van der Waals surface area contributed by atoms with Crippen molar-refractivity contribution in [1.82, 2.24) is 9.97 Å². The zero-order valence-corrected chi connectivity index (χ0v) is 11.0. The van der Waals surface area contributed by atoms with E-state index in [0.717, 1.165) is 50.3 Å². The van der Waals surface area contributed by atoms with E-state index >= 15 is 0 Å². The van der Waals surface area contributed by atoms with E-state index < -0.39 is 0 Å². The van der Waals surface area contributed by atoms with Crippen LogP contribution in [-0.2, 0) is 6.42 Å². The lowest BCUT2D eigenvalue weighted by molar-refractivity contribution is 0.283. The molecule has 96 valence electrons. The number of aliphatic hydroxyl groups is 1. The van der Waals surface area contributed by atoms with Crippen molar-refractivity contribution in [1.29, 1.82) is 0 Å². The van der Waals surface area contributed by atoms with Crippen molar-refractivity contribution in [3.63, 3.8) is 0 Å². The van der Waals surface area contributed by atoms with Gasteiger partial charge in [-0.05, 0) is 12.8 Å². The monoisotopic (exact) mass is 257 g/mol. The van der Waals surface area contributed by atoms with E-state index in [4.69, 9.17) is 16.7 Å². The standard InChI is InChI=1S/C12H20ClN3O/c1-2-11-15-10(13)9-12(16-11)14-7-5-3-4-6-8-17/h9,17H,2-8H2,1H3,(H,14,15,16). The number of anilines is 1. The summed E-state index contributed by atoms with van der Waals surface area (Å²) in [4.78, 5) is 8.45. The number of rotatable bonds is 8. The number of hydrogen-bond donors (Lipinski definition) is 2. The second kappa shape index (κ2) is 8.25. The molecule has 1 aromatic rings. The average Bonchev–Trinajstić information content (AvgIpc) is 2.33. The molecule has 0 amide bonds. The van der Waals surface area contributed by atoms with Crippen LogP contribution < -0.4 is 5.32 Å². The number of halogens is 1. The van der Waals surface area contributed by atoms with Crippen LogP contribution in [0.15, 0.2) is 6.07 Å². The highest BCUT2D eigenvalue weighted by atomic mass is 35.5. The molecule has 0 aromatic carbocycles. The van der Waals surface area contributed by atoms with Gasteiger partial charge in [-0.1, -0.05) is 31.4 Å². The minimum Gasteiger partial charge on any atom is -0.396 e. The van der Waals surface area contributed by atoms with Gasteiger partial charge in [-0.2, -0.15) is 0 Å². The first kappa shape index (κ1) is 14.2. The summed E-state index contributed by atoms with van der Waals surface area (Å²) < 4.78 is 0. The van der Waals surface area contributed by atoms with Crippen molar-refractivity contribution >= 4 is 17.4 Å². The van der Waals surface area contributed by atoms with Crippen LogP contribution in [0.3, 0.4) is 0 Å². The molecule has 0 saturated heterocycles. The fourth-order valence-electron chi connectivity index (χ4n) is 1.52. The summed E-state index contributed by atoms with van der Waals surface area (Å²) in [7, 11) is 0. The average molecular weight is 258 g/mol. The molecule has 0 fully saturated rings. The fraction of sp³-hybridized carbons (Fsp3) is 0.667. The second-order valence-corrected chi connectivity index (χ2v) is 4.30. The van der Waals surface area contributed by atoms with Gasteiger partial charge in [0.25, 0.3) is 0 Å². The van der Waals surface area contributed by atoms with E-state index in [1.54, 1.807) is 6.07 Å². The Balaban J connectivity index is 2.28. The molecule has 0 atom stereocenters. The Bertz CT molecular complexity index is 334. The van der Waals surface area contributed by atoms with E-state index in [1.165, 1.54) is 0 Å². The maximum atomic E-state index is 8.64. The smallest absolute Gasteiger partial charge is 0.134 e. The summed E-state index contributed by atoms with van der Waals surface area (Å²) in [5.74, 6) is 1.56. The molecule has 0 spiro atoms. The molecule has 0 radical (unpaired) electrons. The zero-order valence-electron chi connectivity index (χ0n) is 10.2. The highest BCUT2D eigenvalue weighted by Crippen LogP contribution is 2.12. The van der Waals surface area contributed by atoms with Gasteiger partial charge in [0.15, 0.2) is 0 Å². The van der Waals surface area contributed by atoms with Crippen molar-refractivity contribution in [2.45, 2.75) is 39.0 Å². The first-order valence-corrected chi connectivity index (χ1v) is 6.52. The van der Waals surface area contributed by atoms with Gasteiger partial charge in [0.05, 0.1) is 0 Å². The predicted octanol–water partition coefficient (Wildman–Crippen LogP) is 2.66. The number of nitrogens with zero attached hydrogens (tertiary/aromatic N) is 2. The summed E-state index contributed by atoms with van der Waals surface area (Å²) >= 11 is 5.89. The van der Waals surface area contributed by atoms with Crippen molar-refractivity contribution in [3.05, 3.63) is 17.0 Å². The number of aliphatic hydroxyl groups excluding tert-OH is 1. The van der Waals surface area contributed by atoms with Gasteiger partial charge in [0, 0.05) is 25.6 Å². The molecule has 1 heterocycles. The van der Waals surface area contributed by atoms with Crippen LogP contribution in [0.2, 0.25) is 5.15 Å². The Hall–Kier alpha value is -0.870. The quantitative estimate of drug-likeness (QED) is 0.555. The van der Waals surface area contributed by atoms with Gasteiger partial charge >= 0.3 is 0 Å². The normalized spacial score (nSPS) is 10.5. The fourth-order valence-corrected chi connectivity index (χ4v) is 1.72.